The van der Waals surface area contributed by atoms with Gasteiger partial charge in [0.1, 0.15) is 11.6 Å². The van der Waals surface area contributed by atoms with Gasteiger partial charge in [0.25, 0.3) is 0 Å². The highest BCUT2D eigenvalue weighted by Gasteiger charge is 2.27. The van der Waals surface area contributed by atoms with Crippen LogP contribution in [0.4, 0.5) is 0 Å². The normalized spacial score (nSPS) is 19.0. The molecule has 1 aliphatic heterocycles. The van der Waals surface area contributed by atoms with Crippen LogP contribution in [-0.2, 0) is 11.3 Å². The molecule has 1 atom stereocenters. The number of H-pyrrole nitrogens is 2. The summed E-state index contributed by atoms with van der Waals surface area (Å²) in [6, 6.07) is 4.03. The first-order valence-electron chi connectivity index (χ1n) is 7.65. The van der Waals surface area contributed by atoms with Crippen LogP contribution in [0.25, 0.3) is 11.3 Å². The minimum atomic E-state index is 0.0965. The predicted molar refractivity (Wildman–Crippen MR) is 84.4 cm³/mol. The van der Waals surface area contributed by atoms with Gasteiger partial charge in [-0.2, -0.15) is 0 Å². The topological polar surface area (TPSA) is 82.7 Å². The molecule has 7 heteroatoms. The van der Waals surface area contributed by atoms with Crippen LogP contribution < -0.4 is 0 Å². The van der Waals surface area contributed by atoms with E-state index in [9.17, 15) is 0 Å². The molecular formula is C16H18N6O. The molecule has 0 aliphatic carbocycles. The Labute approximate surface area is 133 Å². The van der Waals surface area contributed by atoms with Crippen LogP contribution in [-0.4, -0.2) is 49.6 Å². The molecule has 3 aromatic rings. The molecule has 0 aromatic carbocycles. The van der Waals surface area contributed by atoms with E-state index in [2.05, 4.69) is 29.8 Å². The Morgan fingerprint density at radius 1 is 1.26 bits per heavy atom. The Morgan fingerprint density at radius 3 is 3.09 bits per heavy atom. The van der Waals surface area contributed by atoms with Gasteiger partial charge >= 0.3 is 0 Å². The Balaban J connectivity index is 1.56. The van der Waals surface area contributed by atoms with Gasteiger partial charge in [-0.1, -0.05) is 0 Å². The second kappa shape index (κ2) is 6.31. The molecule has 4 rings (SSSR count). The van der Waals surface area contributed by atoms with E-state index in [4.69, 9.17) is 4.74 Å². The molecule has 1 saturated heterocycles. The Hall–Kier alpha value is -2.51. The maximum absolute atomic E-state index is 5.66. The number of nitrogens with one attached hydrogen (secondary N) is 2. The highest BCUT2D eigenvalue weighted by atomic mass is 16.5. The molecule has 0 saturated carbocycles. The molecular weight excluding hydrogens is 292 g/mol. The van der Waals surface area contributed by atoms with E-state index in [1.165, 1.54) is 0 Å². The monoisotopic (exact) mass is 310 g/mol. The number of nitrogens with zero attached hydrogens (tertiary/aromatic N) is 4. The van der Waals surface area contributed by atoms with E-state index in [0.29, 0.717) is 6.61 Å². The summed E-state index contributed by atoms with van der Waals surface area (Å²) in [7, 11) is 0. The molecule has 23 heavy (non-hydrogen) atoms. The first kappa shape index (κ1) is 14.1. The Bertz CT molecular complexity index is 739. The first-order valence-corrected chi connectivity index (χ1v) is 7.65. The third kappa shape index (κ3) is 3.01. The standard InChI is InChI=1S/C16H18N6O/c1-2-12(8-17-3-1)13-9-20-16(21-13)14-11-23-7-6-22(14)10-15-18-4-5-19-15/h1-5,8-9,14H,6-7,10-11H2,(H,18,19)(H,20,21). The number of aromatic nitrogens is 5. The maximum Gasteiger partial charge on any atom is 0.126 e. The van der Waals surface area contributed by atoms with Crippen molar-refractivity contribution in [2.24, 2.45) is 0 Å². The molecule has 1 unspecified atom stereocenters. The minimum absolute atomic E-state index is 0.0965. The zero-order valence-electron chi connectivity index (χ0n) is 12.6. The number of rotatable bonds is 4. The molecule has 0 spiro atoms. The van der Waals surface area contributed by atoms with Crippen LogP contribution in [0, 0.1) is 0 Å². The van der Waals surface area contributed by atoms with Crippen molar-refractivity contribution in [2.45, 2.75) is 12.6 Å². The number of morpholine rings is 1. The average Bonchev–Trinajstić information content (AvgIpc) is 3.28. The summed E-state index contributed by atoms with van der Waals surface area (Å²) in [6.07, 6.45) is 9.07. The average molecular weight is 310 g/mol. The van der Waals surface area contributed by atoms with Crippen molar-refractivity contribution in [2.75, 3.05) is 19.8 Å². The van der Waals surface area contributed by atoms with Crippen LogP contribution in [0.5, 0.6) is 0 Å². The van der Waals surface area contributed by atoms with Crippen molar-refractivity contribution < 1.29 is 4.74 Å². The quantitative estimate of drug-likeness (QED) is 0.767. The highest BCUT2D eigenvalue weighted by molar-refractivity contribution is 5.56. The molecule has 0 amide bonds. The lowest BCUT2D eigenvalue weighted by Crippen LogP contribution is -2.39. The van der Waals surface area contributed by atoms with E-state index in [-0.39, 0.29) is 6.04 Å². The summed E-state index contributed by atoms with van der Waals surface area (Å²) < 4.78 is 5.66. The molecule has 2 N–H and O–H groups in total. The summed E-state index contributed by atoms with van der Waals surface area (Å²) in [4.78, 5) is 21.9. The van der Waals surface area contributed by atoms with E-state index in [1.807, 2.05) is 30.7 Å². The summed E-state index contributed by atoms with van der Waals surface area (Å²) in [5.41, 5.74) is 2.00. The summed E-state index contributed by atoms with van der Waals surface area (Å²) in [5.74, 6) is 1.87. The maximum atomic E-state index is 5.66. The van der Waals surface area contributed by atoms with Gasteiger partial charge in [-0.3, -0.25) is 9.88 Å². The molecule has 7 nitrogen and oxygen atoms in total. The molecule has 1 fully saturated rings. The Kier molecular flexibility index (Phi) is 3.87. The van der Waals surface area contributed by atoms with Gasteiger partial charge in [-0.15, -0.1) is 0 Å². The number of hydrogen-bond donors (Lipinski definition) is 2. The lowest BCUT2D eigenvalue weighted by atomic mass is 10.2. The fraction of sp³-hybridized carbons (Fsp3) is 0.312. The van der Waals surface area contributed by atoms with Crippen LogP contribution in [0.3, 0.4) is 0 Å². The second-order valence-electron chi connectivity index (χ2n) is 5.52. The predicted octanol–water partition coefficient (Wildman–Crippen LogP) is 1.77. The molecule has 1 aliphatic rings. The van der Waals surface area contributed by atoms with Gasteiger partial charge < -0.3 is 14.7 Å². The molecule has 3 aromatic heterocycles. The first-order chi connectivity index (χ1) is 11.4. The van der Waals surface area contributed by atoms with Crippen LogP contribution in [0.15, 0.2) is 43.1 Å². The highest BCUT2D eigenvalue weighted by Crippen LogP contribution is 2.25. The van der Waals surface area contributed by atoms with Crippen molar-refractivity contribution in [3.8, 4) is 11.3 Å². The molecule has 0 radical (unpaired) electrons. The third-order valence-electron chi connectivity index (χ3n) is 4.03. The molecule has 0 bridgehead atoms. The van der Waals surface area contributed by atoms with Crippen LogP contribution in [0.1, 0.15) is 17.7 Å². The van der Waals surface area contributed by atoms with E-state index in [1.54, 1.807) is 12.4 Å². The lowest BCUT2D eigenvalue weighted by Gasteiger charge is -2.33. The van der Waals surface area contributed by atoms with E-state index < -0.39 is 0 Å². The Morgan fingerprint density at radius 2 is 2.26 bits per heavy atom. The van der Waals surface area contributed by atoms with Gasteiger partial charge in [0, 0.05) is 36.9 Å². The van der Waals surface area contributed by atoms with Gasteiger partial charge in [0.15, 0.2) is 0 Å². The summed E-state index contributed by atoms with van der Waals surface area (Å²) in [6.45, 7) is 2.96. The largest absolute Gasteiger partial charge is 0.378 e. The zero-order valence-corrected chi connectivity index (χ0v) is 12.6. The van der Waals surface area contributed by atoms with Gasteiger partial charge in [0.05, 0.1) is 37.7 Å². The van der Waals surface area contributed by atoms with E-state index in [0.717, 1.165) is 42.6 Å². The fourth-order valence-electron chi connectivity index (χ4n) is 2.83. The third-order valence-corrected chi connectivity index (χ3v) is 4.03. The number of ether oxygens (including phenoxy) is 1. The molecule has 4 heterocycles. The summed E-state index contributed by atoms with van der Waals surface area (Å²) >= 11 is 0. The van der Waals surface area contributed by atoms with Gasteiger partial charge in [0.2, 0.25) is 0 Å². The smallest absolute Gasteiger partial charge is 0.126 e. The fourth-order valence-corrected chi connectivity index (χ4v) is 2.83. The van der Waals surface area contributed by atoms with Gasteiger partial charge in [-0.05, 0) is 12.1 Å². The van der Waals surface area contributed by atoms with Gasteiger partial charge in [-0.25, -0.2) is 9.97 Å². The van der Waals surface area contributed by atoms with Crippen molar-refractivity contribution in [1.29, 1.82) is 0 Å². The van der Waals surface area contributed by atoms with Crippen molar-refractivity contribution in [1.82, 2.24) is 29.8 Å². The number of hydrogen-bond acceptors (Lipinski definition) is 5. The van der Waals surface area contributed by atoms with E-state index >= 15 is 0 Å². The van der Waals surface area contributed by atoms with Crippen LogP contribution >= 0.6 is 0 Å². The van der Waals surface area contributed by atoms with Crippen molar-refractivity contribution >= 4 is 0 Å². The number of aromatic amines is 2. The van der Waals surface area contributed by atoms with Crippen molar-refractivity contribution in [3.63, 3.8) is 0 Å². The minimum Gasteiger partial charge on any atom is -0.378 e. The second-order valence-corrected chi connectivity index (χ2v) is 5.52. The summed E-state index contributed by atoms with van der Waals surface area (Å²) in [5, 5.41) is 0. The number of imidazole rings is 2. The van der Waals surface area contributed by atoms with Crippen LogP contribution in [0.2, 0.25) is 0 Å². The van der Waals surface area contributed by atoms with Crippen molar-refractivity contribution in [3.05, 3.63) is 54.8 Å². The molecule has 118 valence electrons. The SMILES string of the molecule is c1cncc(-c2cnc(C3COCCN3Cc3ncc[nH]3)[nH]2)c1. The zero-order chi connectivity index (χ0) is 15.5. The number of pyridine rings is 1. The lowest BCUT2D eigenvalue weighted by molar-refractivity contribution is -0.0166.